The van der Waals surface area contributed by atoms with Crippen molar-refractivity contribution in [2.24, 2.45) is 0 Å². The number of hydrogen-bond acceptors (Lipinski definition) is 3. The molecule has 2 aromatic carbocycles. The molecule has 1 amide bonds. The van der Waals surface area contributed by atoms with Crippen LogP contribution in [0.5, 0.6) is 0 Å². The topological polar surface area (TPSA) is 29.1 Å². The monoisotopic (exact) mass is 441 g/mol. The van der Waals surface area contributed by atoms with Crippen LogP contribution >= 0.6 is 22.7 Å². The number of aryl methyl sites for hydroxylation is 1. The summed E-state index contributed by atoms with van der Waals surface area (Å²) in [6.07, 6.45) is 0. The standard InChI is InChI=1S/C27H23NOS2/c1-19-8-4-5-11-23(19)26(29)28-27(2,3)16-15-22-13-14-25(31-22)21-10-6-9-20(18-21)24-12-7-17-30-24/h4-14,17-18H,1-3H3,(H,28,29). The van der Waals surface area contributed by atoms with Gasteiger partial charge in [0, 0.05) is 15.3 Å². The van der Waals surface area contributed by atoms with Gasteiger partial charge >= 0.3 is 0 Å². The minimum atomic E-state index is -0.636. The Kier molecular flexibility index (Phi) is 6.08. The molecule has 4 rings (SSSR count). The maximum atomic E-state index is 12.6. The zero-order valence-electron chi connectivity index (χ0n) is 17.7. The molecule has 0 unspecified atom stereocenters. The fourth-order valence-electron chi connectivity index (χ4n) is 3.26. The van der Waals surface area contributed by atoms with Gasteiger partial charge in [0.25, 0.3) is 5.91 Å². The second-order valence-corrected chi connectivity index (χ2v) is 9.90. The van der Waals surface area contributed by atoms with Crippen LogP contribution in [-0.4, -0.2) is 11.4 Å². The lowest BCUT2D eigenvalue weighted by Crippen LogP contribution is -2.42. The number of amides is 1. The molecule has 0 atom stereocenters. The summed E-state index contributed by atoms with van der Waals surface area (Å²) in [5.41, 5.74) is 3.42. The fourth-order valence-corrected chi connectivity index (χ4v) is 4.84. The summed E-state index contributed by atoms with van der Waals surface area (Å²) < 4.78 is 0. The van der Waals surface area contributed by atoms with Crippen LogP contribution in [0.25, 0.3) is 20.9 Å². The Hall–Kier alpha value is -3.13. The lowest BCUT2D eigenvalue weighted by molar-refractivity contribution is 0.0929. The average Bonchev–Trinajstić information content (AvgIpc) is 3.45. The highest BCUT2D eigenvalue weighted by molar-refractivity contribution is 7.16. The quantitative estimate of drug-likeness (QED) is 0.339. The molecule has 0 bridgehead atoms. The fraction of sp³-hybridized carbons (Fsp3) is 0.148. The number of rotatable bonds is 4. The molecule has 4 heteroatoms. The molecule has 4 aromatic rings. The van der Waals surface area contributed by atoms with Gasteiger partial charge in [-0.05, 0) is 73.2 Å². The van der Waals surface area contributed by atoms with Crippen molar-refractivity contribution in [2.75, 3.05) is 0 Å². The van der Waals surface area contributed by atoms with Crippen molar-refractivity contribution in [3.05, 3.63) is 94.2 Å². The summed E-state index contributed by atoms with van der Waals surface area (Å²) in [5, 5.41) is 5.14. The lowest BCUT2D eigenvalue weighted by Gasteiger charge is -2.20. The molecular formula is C27H23NOS2. The zero-order chi connectivity index (χ0) is 21.8. The first kappa shape index (κ1) is 21.1. The SMILES string of the molecule is Cc1ccccc1C(=O)NC(C)(C)C#Cc1ccc(-c2cccc(-c3cccs3)c2)s1. The number of hydrogen-bond donors (Lipinski definition) is 1. The van der Waals surface area contributed by atoms with Crippen molar-refractivity contribution < 1.29 is 4.79 Å². The largest absolute Gasteiger partial charge is 0.336 e. The number of nitrogens with one attached hydrogen (secondary N) is 1. The van der Waals surface area contributed by atoms with Crippen LogP contribution in [0.1, 0.15) is 34.6 Å². The molecule has 0 fully saturated rings. The van der Waals surface area contributed by atoms with Crippen molar-refractivity contribution in [1.82, 2.24) is 5.32 Å². The molecule has 0 radical (unpaired) electrons. The third kappa shape index (κ3) is 5.14. The molecule has 2 aromatic heterocycles. The van der Waals surface area contributed by atoms with E-state index in [1.54, 1.807) is 22.7 Å². The van der Waals surface area contributed by atoms with Gasteiger partial charge in [-0.2, -0.15) is 0 Å². The molecule has 2 nitrogen and oxygen atoms in total. The van der Waals surface area contributed by atoms with Gasteiger partial charge in [0.1, 0.15) is 0 Å². The highest BCUT2D eigenvalue weighted by Gasteiger charge is 2.19. The average molecular weight is 442 g/mol. The number of carbonyl (C=O) groups is 1. The maximum Gasteiger partial charge on any atom is 0.252 e. The van der Waals surface area contributed by atoms with Gasteiger partial charge in [0.2, 0.25) is 0 Å². The van der Waals surface area contributed by atoms with Crippen molar-refractivity contribution in [1.29, 1.82) is 0 Å². The van der Waals surface area contributed by atoms with E-state index in [0.29, 0.717) is 5.56 Å². The summed E-state index contributed by atoms with van der Waals surface area (Å²) in [4.78, 5) is 16.1. The van der Waals surface area contributed by atoms with E-state index in [2.05, 4.69) is 65.0 Å². The first-order valence-electron chi connectivity index (χ1n) is 10.1. The summed E-state index contributed by atoms with van der Waals surface area (Å²) in [6.45, 7) is 5.79. The lowest BCUT2D eigenvalue weighted by atomic mass is 10.0. The number of benzene rings is 2. The van der Waals surface area contributed by atoms with Crippen LogP contribution in [0.4, 0.5) is 0 Å². The van der Waals surface area contributed by atoms with E-state index >= 15 is 0 Å². The van der Waals surface area contributed by atoms with E-state index < -0.39 is 5.54 Å². The van der Waals surface area contributed by atoms with Crippen LogP contribution in [0, 0.1) is 18.8 Å². The Balaban J connectivity index is 1.50. The van der Waals surface area contributed by atoms with E-state index in [4.69, 9.17) is 0 Å². The Labute approximate surface area is 191 Å². The highest BCUT2D eigenvalue weighted by atomic mass is 32.1. The molecule has 0 aliphatic rings. The molecule has 0 saturated carbocycles. The third-order valence-electron chi connectivity index (χ3n) is 4.87. The number of carbonyl (C=O) groups excluding carboxylic acids is 1. The Morgan fingerprint density at radius 2 is 1.68 bits per heavy atom. The zero-order valence-corrected chi connectivity index (χ0v) is 19.4. The van der Waals surface area contributed by atoms with Crippen molar-refractivity contribution in [2.45, 2.75) is 26.3 Å². The highest BCUT2D eigenvalue weighted by Crippen LogP contribution is 2.32. The Bertz CT molecular complexity index is 1270. The molecule has 0 spiro atoms. The smallest absolute Gasteiger partial charge is 0.252 e. The molecule has 31 heavy (non-hydrogen) atoms. The Morgan fingerprint density at radius 3 is 2.42 bits per heavy atom. The van der Waals surface area contributed by atoms with E-state index in [-0.39, 0.29) is 5.91 Å². The minimum Gasteiger partial charge on any atom is -0.336 e. The molecule has 0 aliphatic heterocycles. The molecule has 2 heterocycles. The van der Waals surface area contributed by atoms with Gasteiger partial charge in [0.05, 0.1) is 10.4 Å². The first-order valence-corrected chi connectivity index (χ1v) is 11.8. The van der Waals surface area contributed by atoms with Gasteiger partial charge < -0.3 is 5.32 Å². The van der Waals surface area contributed by atoms with E-state index in [1.165, 1.54) is 20.9 Å². The van der Waals surface area contributed by atoms with Crippen molar-refractivity contribution >= 4 is 28.6 Å². The van der Waals surface area contributed by atoms with Crippen LogP contribution < -0.4 is 5.32 Å². The van der Waals surface area contributed by atoms with Gasteiger partial charge in [0.15, 0.2) is 0 Å². The second kappa shape index (κ2) is 8.93. The van der Waals surface area contributed by atoms with E-state index in [1.807, 2.05) is 51.1 Å². The van der Waals surface area contributed by atoms with E-state index in [0.717, 1.165) is 10.4 Å². The maximum absolute atomic E-state index is 12.6. The van der Waals surface area contributed by atoms with Crippen LogP contribution in [0.15, 0.2) is 78.2 Å². The normalized spacial score (nSPS) is 10.9. The van der Waals surface area contributed by atoms with Crippen LogP contribution in [0.2, 0.25) is 0 Å². The van der Waals surface area contributed by atoms with Crippen LogP contribution in [0.3, 0.4) is 0 Å². The predicted octanol–water partition coefficient (Wildman–Crippen LogP) is 7.01. The summed E-state index contributed by atoms with van der Waals surface area (Å²) in [5.74, 6) is 6.37. The first-order chi connectivity index (χ1) is 14.9. The van der Waals surface area contributed by atoms with E-state index in [9.17, 15) is 4.79 Å². The second-order valence-electron chi connectivity index (χ2n) is 7.87. The number of thiophene rings is 2. The van der Waals surface area contributed by atoms with Crippen molar-refractivity contribution in [3.63, 3.8) is 0 Å². The van der Waals surface area contributed by atoms with Gasteiger partial charge in [-0.1, -0.05) is 54.3 Å². The minimum absolute atomic E-state index is 0.102. The molecule has 0 saturated heterocycles. The molecular weight excluding hydrogens is 418 g/mol. The molecule has 154 valence electrons. The predicted molar refractivity (Wildman–Crippen MR) is 133 cm³/mol. The van der Waals surface area contributed by atoms with Crippen LogP contribution in [-0.2, 0) is 0 Å². The third-order valence-corrected chi connectivity index (χ3v) is 6.84. The van der Waals surface area contributed by atoms with Gasteiger partial charge in [-0.25, -0.2) is 0 Å². The van der Waals surface area contributed by atoms with Gasteiger partial charge in [-0.15, -0.1) is 22.7 Å². The molecule has 0 aliphatic carbocycles. The molecule has 1 N–H and O–H groups in total. The van der Waals surface area contributed by atoms with Crippen molar-refractivity contribution in [3.8, 4) is 32.7 Å². The Morgan fingerprint density at radius 1 is 0.903 bits per heavy atom. The summed E-state index contributed by atoms with van der Waals surface area (Å²) in [7, 11) is 0. The van der Waals surface area contributed by atoms with Gasteiger partial charge in [-0.3, -0.25) is 4.79 Å². The summed E-state index contributed by atoms with van der Waals surface area (Å²) >= 11 is 3.41. The summed E-state index contributed by atoms with van der Waals surface area (Å²) in [6, 6.07) is 24.6.